The normalized spacial score (nSPS) is 24.5. The van der Waals surface area contributed by atoms with Crippen LogP contribution in [0.3, 0.4) is 0 Å². The molecule has 1 aliphatic heterocycles. The molecule has 0 saturated carbocycles. The van der Waals surface area contributed by atoms with Gasteiger partial charge in [0.25, 0.3) is 0 Å². The number of hydrogen-bond donors (Lipinski definition) is 1. The first-order valence-electron chi connectivity index (χ1n) is 7.77. The molecule has 2 N–H and O–H groups in total. The molecule has 0 radical (unpaired) electrons. The Labute approximate surface area is 123 Å². The first kappa shape index (κ1) is 15.5. The Morgan fingerprint density at radius 3 is 2.55 bits per heavy atom. The smallest absolute Gasteiger partial charge is 0.0218 e. The van der Waals surface area contributed by atoms with Crippen LogP contribution in [0.1, 0.15) is 25.8 Å². The van der Waals surface area contributed by atoms with Crippen molar-refractivity contribution in [2.45, 2.75) is 31.7 Å². The van der Waals surface area contributed by atoms with Crippen LogP contribution in [0.4, 0.5) is 0 Å². The van der Waals surface area contributed by atoms with E-state index in [1.165, 1.54) is 12.0 Å². The van der Waals surface area contributed by atoms with Crippen molar-refractivity contribution in [2.24, 2.45) is 5.73 Å². The van der Waals surface area contributed by atoms with Crippen LogP contribution in [-0.4, -0.2) is 55.6 Å². The minimum atomic E-state index is 0.0511. The molecule has 3 heteroatoms. The van der Waals surface area contributed by atoms with E-state index in [4.69, 9.17) is 5.73 Å². The summed E-state index contributed by atoms with van der Waals surface area (Å²) in [5.74, 6) is 0. The van der Waals surface area contributed by atoms with E-state index >= 15 is 0 Å². The second-order valence-electron chi connectivity index (χ2n) is 6.41. The summed E-state index contributed by atoms with van der Waals surface area (Å²) in [4.78, 5) is 5.08. The van der Waals surface area contributed by atoms with Crippen LogP contribution in [0, 0.1) is 0 Å². The van der Waals surface area contributed by atoms with Crippen LogP contribution >= 0.6 is 0 Å². The van der Waals surface area contributed by atoms with Gasteiger partial charge in [-0.15, -0.1) is 0 Å². The van der Waals surface area contributed by atoms with Crippen LogP contribution < -0.4 is 5.73 Å². The van der Waals surface area contributed by atoms with Crippen LogP contribution in [0.5, 0.6) is 0 Å². The summed E-state index contributed by atoms with van der Waals surface area (Å²) in [7, 11) is 2.24. The Balaban J connectivity index is 2.07. The van der Waals surface area contributed by atoms with Gasteiger partial charge in [0.05, 0.1) is 0 Å². The molecule has 2 rings (SSSR count). The summed E-state index contributed by atoms with van der Waals surface area (Å²) in [6.45, 7) is 9.79. The molecule has 0 aromatic heterocycles. The quantitative estimate of drug-likeness (QED) is 0.891. The number of rotatable bonds is 5. The maximum Gasteiger partial charge on any atom is 0.0218 e. The lowest BCUT2D eigenvalue weighted by Gasteiger charge is -2.43. The second kappa shape index (κ2) is 6.70. The SMILES string of the molecule is CCC1CN(CC(C)(CN)c2ccccc2)CCN1C. The topological polar surface area (TPSA) is 32.5 Å². The highest BCUT2D eigenvalue weighted by Crippen LogP contribution is 2.25. The Hall–Kier alpha value is -0.900. The van der Waals surface area contributed by atoms with Gasteiger partial charge in [-0.3, -0.25) is 4.90 Å². The summed E-state index contributed by atoms with van der Waals surface area (Å²) in [6, 6.07) is 11.4. The first-order chi connectivity index (χ1) is 9.59. The first-order valence-corrected chi connectivity index (χ1v) is 7.77. The fraction of sp³-hybridized carbons (Fsp3) is 0.647. The molecule has 1 heterocycles. The molecule has 1 aromatic carbocycles. The van der Waals surface area contributed by atoms with Gasteiger partial charge in [-0.2, -0.15) is 0 Å². The van der Waals surface area contributed by atoms with Gasteiger partial charge in [0.1, 0.15) is 0 Å². The van der Waals surface area contributed by atoms with Crippen LogP contribution in [-0.2, 0) is 5.41 Å². The van der Waals surface area contributed by atoms with Gasteiger partial charge in [-0.05, 0) is 19.0 Å². The third-order valence-corrected chi connectivity index (χ3v) is 4.83. The molecule has 0 amide bonds. The molecule has 0 aliphatic carbocycles. The molecule has 2 atom stereocenters. The molecular weight excluding hydrogens is 246 g/mol. The zero-order valence-corrected chi connectivity index (χ0v) is 13.2. The van der Waals surface area contributed by atoms with Crippen molar-refractivity contribution in [3.8, 4) is 0 Å². The fourth-order valence-corrected chi connectivity index (χ4v) is 3.20. The lowest BCUT2D eigenvalue weighted by atomic mass is 9.81. The molecule has 1 aliphatic rings. The standard InChI is InChI=1S/C17H29N3/c1-4-16-12-20(11-10-19(16)3)14-17(2,13-18)15-8-6-5-7-9-15/h5-9,16H,4,10-14,18H2,1-3H3. The van der Waals surface area contributed by atoms with Crippen molar-refractivity contribution in [3.05, 3.63) is 35.9 Å². The van der Waals surface area contributed by atoms with Gasteiger partial charge in [0.2, 0.25) is 0 Å². The zero-order chi connectivity index (χ0) is 14.6. The van der Waals surface area contributed by atoms with Crippen LogP contribution in [0.15, 0.2) is 30.3 Å². The lowest BCUT2D eigenvalue weighted by Crippen LogP contribution is -2.55. The highest BCUT2D eigenvalue weighted by Gasteiger charge is 2.31. The van der Waals surface area contributed by atoms with E-state index in [1.54, 1.807) is 0 Å². The monoisotopic (exact) mass is 275 g/mol. The van der Waals surface area contributed by atoms with Crippen molar-refractivity contribution < 1.29 is 0 Å². The molecule has 112 valence electrons. The fourth-order valence-electron chi connectivity index (χ4n) is 3.20. The van der Waals surface area contributed by atoms with Gasteiger partial charge in [-0.25, -0.2) is 0 Å². The number of piperazine rings is 1. The average Bonchev–Trinajstić information content (AvgIpc) is 2.50. The summed E-state index contributed by atoms with van der Waals surface area (Å²) in [6.07, 6.45) is 1.22. The van der Waals surface area contributed by atoms with Crippen molar-refractivity contribution >= 4 is 0 Å². The van der Waals surface area contributed by atoms with Crippen molar-refractivity contribution in [2.75, 3.05) is 39.8 Å². The number of nitrogens with zero attached hydrogens (tertiary/aromatic N) is 2. The molecule has 1 fully saturated rings. The van der Waals surface area contributed by atoms with Crippen LogP contribution in [0.2, 0.25) is 0 Å². The van der Waals surface area contributed by atoms with E-state index in [1.807, 2.05) is 0 Å². The van der Waals surface area contributed by atoms with Gasteiger partial charge in [0.15, 0.2) is 0 Å². The molecule has 20 heavy (non-hydrogen) atoms. The molecule has 1 saturated heterocycles. The average molecular weight is 275 g/mol. The van der Waals surface area contributed by atoms with E-state index in [0.29, 0.717) is 12.6 Å². The van der Waals surface area contributed by atoms with Crippen molar-refractivity contribution in [1.29, 1.82) is 0 Å². The minimum Gasteiger partial charge on any atom is -0.330 e. The Morgan fingerprint density at radius 2 is 1.95 bits per heavy atom. The highest BCUT2D eigenvalue weighted by atomic mass is 15.3. The number of hydrogen-bond acceptors (Lipinski definition) is 3. The molecule has 0 bridgehead atoms. The van der Waals surface area contributed by atoms with Gasteiger partial charge < -0.3 is 10.6 Å². The minimum absolute atomic E-state index is 0.0511. The Kier molecular flexibility index (Phi) is 5.19. The third kappa shape index (κ3) is 3.40. The maximum atomic E-state index is 6.11. The predicted molar refractivity (Wildman–Crippen MR) is 86.0 cm³/mol. The molecular formula is C17H29N3. The van der Waals surface area contributed by atoms with E-state index in [2.05, 4.69) is 61.0 Å². The molecule has 3 nitrogen and oxygen atoms in total. The van der Waals surface area contributed by atoms with Crippen molar-refractivity contribution in [1.82, 2.24) is 9.80 Å². The third-order valence-electron chi connectivity index (χ3n) is 4.83. The zero-order valence-electron chi connectivity index (χ0n) is 13.2. The number of likely N-dealkylation sites (N-methyl/N-ethyl adjacent to an activating group) is 1. The summed E-state index contributed by atoms with van der Waals surface area (Å²) in [5.41, 5.74) is 7.52. The second-order valence-corrected chi connectivity index (χ2v) is 6.41. The maximum absolute atomic E-state index is 6.11. The van der Waals surface area contributed by atoms with Gasteiger partial charge in [-0.1, -0.05) is 44.2 Å². The van der Waals surface area contributed by atoms with Gasteiger partial charge in [0, 0.05) is 44.2 Å². The summed E-state index contributed by atoms with van der Waals surface area (Å²) >= 11 is 0. The molecule has 1 aromatic rings. The Bertz CT molecular complexity index is 406. The van der Waals surface area contributed by atoms with E-state index < -0.39 is 0 Å². The highest BCUT2D eigenvalue weighted by molar-refractivity contribution is 5.25. The van der Waals surface area contributed by atoms with E-state index in [9.17, 15) is 0 Å². The molecule has 0 spiro atoms. The Morgan fingerprint density at radius 1 is 1.25 bits per heavy atom. The van der Waals surface area contributed by atoms with E-state index in [0.717, 1.165) is 26.2 Å². The van der Waals surface area contributed by atoms with Crippen molar-refractivity contribution in [3.63, 3.8) is 0 Å². The largest absolute Gasteiger partial charge is 0.330 e. The van der Waals surface area contributed by atoms with Crippen LogP contribution in [0.25, 0.3) is 0 Å². The predicted octanol–water partition coefficient (Wildman–Crippen LogP) is 1.93. The summed E-state index contributed by atoms with van der Waals surface area (Å²) < 4.78 is 0. The lowest BCUT2D eigenvalue weighted by molar-refractivity contribution is 0.0783. The number of nitrogens with two attached hydrogens (primary N) is 1. The van der Waals surface area contributed by atoms with Gasteiger partial charge >= 0.3 is 0 Å². The summed E-state index contributed by atoms with van der Waals surface area (Å²) in [5, 5.41) is 0. The number of benzene rings is 1. The molecule has 2 unspecified atom stereocenters. The van der Waals surface area contributed by atoms with E-state index in [-0.39, 0.29) is 5.41 Å².